The quantitative estimate of drug-likeness (QED) is 0.458. The van der Waals surface area contributed by atoms with E-state index in [0.29, 0.717) is 6.42 Å². The molecule has 0 aliphatic carbocycles. The smallest absolute Gasteiger partial charge is 0.0832 e. The molecule has 150 valence electrons. The van der Waals surface area contributed by atoms with Gasteiger partial charge in [0.2, 0.25) is 0 Å². The van der Waals surface area contributed by atoms with E-state index in [1.165, 1.54) is 0 Å². The van der Waals surface area contributed by atoms with Crippen LogP contribution in [0.5, 0.6) is 0 Å². The molecular formula is C24H23N5O. The summed E-state index contributed by atoms with van der Waals surface area (Å²) in [6.45, 7) is 0.160. The topological polar surface area (TPSA) is 75.9 Å². The number of aryl methyl sites for hydroxylation is 1. The molecule has 4 aromatic rings. The molecule has 0 amide bonds. The standard InChI is InChI=1S/C24H23N5O/c30-16-4-8-23-18-29(28-27-23)24-13-11-21(12-14-24)26-22-7-3-5-19(17-22)9-10-20-6-1-2-15-25-20/h1-3,5-7,9-15,17-18,26,30H,4,8,16H2/b10-9+. The Bertz CT molecular complexity index is 1100. The van der Waals surface area contributed by atoms with Gasteiger partial charge in [0.1, 0.15) is 0 Å². The minimum Gasteiger partial charge on any atom is -0.396 e. The van der Waals surface area contributed by atoms with Gasteiger partial charge in [-0.25, -0.2) is 4.68 Å². The number of benzene rings is 2. The van der Waals surface area contributed by atoms with Crippen LogP contribution in [0.4, 0.5) is 11.4 Å². The van der Waals surface area contributed by atoms with Gasteiger partial charge in [0.15, 0.2) is 0 Å². The van der Waals surface area contributed by atoms with Gasteiger partial charge in [-0.15, -0.1) is 5.10 Å². The van der Waals surface area contributed by atoms with Crippen LogP contribution in [0.3, 0.4) is 0 Å². The molecule has 0 spiro atoms. The van der Waals surface area contributed by atoms with E-state index in [1.807, 2.05) is 66.9 Å². The second-order valence-electron chi connectivity index (χ2n) is 6.87. The predicted octanol–water partition coefficient (Wildman–Crippen LogP) is 4.50. The van der Waals surface area contributed by atoms with E-state index >= 15 is 0 Å². The molecule has 0 unspecified atom stereocenters. The monoisotopic (exact) mass is 397 g/mol. The summed E-state index contributed by atoms with van der Waals surface area (Å²) in [6.07, 6.45) is 9.15. The van der Waals surface area contributed by atoms with Crippen molar-refractivity contribution in [3.8, 4) is 5.69 Å². The van der Waals surface area contributed by atoms with Crippen molar-refractivity contribution in [2.75, 3.05) is 11.9 Å². The highest BCUT2D eigenvalue weighted by atomic mass is 16.2. The van der Waals surface area contributed by atoms with Gasteiger partial charge in [-0.05, 0) is 73.0 Å². The van der Waals surface area contributed by atoms with Crippen LogP contribution in [-0.4, -0.2) is 31.7 Å². The van der Waals surface area contributed by atoms with E-state index in [9.17, 15) is 0 Å². The normalized spacial score (nSPS) is 11.1. The molecule has 6 heteroatoms. The summed E-state index contributed by atoms with van der Waals surface area (Å²) in [6, 6.07) is 22.1. The summed E-state index contributed by atoms with van der Waals surface area (Å²) in [5, 5.41) is 20.7. The van der Waals surface area contributed by atoms with Gasteiger partial charge in [0.05, 0.1) is 23.3 Å². The van der Waals surface area contributed by atoms with Crippen molar-refractivity contribution in [1.82, 2.24) is 20.0 Å². The molecule has 0 atom stereocenters. The highest BCUT2D eigenvalue weighted by Crippen LogP contribution is 2.20. The Balaban J connectivity index is 1.42. The lowest BCUT2D eigenvalue weighted by Gasteiger charge is -2.08. The maximum atomic E-state index is 8.93. The van der Waals surface area contributed by atoms with Crippen molar-refractivity contribution in [2.24, 2.45) is 0 Å². The fraction of sp³-hybridized carbons (Fsp3) is 0.125. The van der Waals surface area contributed by atoms with Crippen LogP contribution < -0.4 is 5.32 Å². The zero-order valence-corrected chi connectivity index (χ0v) is 16.5. The van der Waals surface area contributed by atoms with Gasteiger partial charge in [-0.2, -0.15) is 0 Å². The molecule has 0 fully saturated rings. The maximum Gasteiger partial charge on any atom is 0.0832 e. The van der Waals surface area contributed by atoms with Crippen LogP contribution in [-0.2, 0) is 6.42 Å². The van der Waals surface area contributed by atoms with Crippen LogP contribution in [0.1, 0.15) is 23.4 Å². The van der Waals surface area contributed by atoms with Gasteiger partial charge in [-0.3, -0.25) is 4.98 Å². The molecule has 2 aromatic heterocycles. The first kappa shape index (κ1) is 19.5. The predicted molar refractivity (Wildman–Crippen MR) is 120 cm³/mol. The lowest BCUT2D eigenvalue weighted by atomic mass is 10.1. The summed E-state index contributed by atoms with van der Waals surface area (Å²) in [4.78, 5) is 4.31. The van der Waals surface area contributed by atoms with Gasteiger partial charge < -0.3 is 10.4 Å². The molecule has 0 saturated heterocycles. The number of aliphatic hydroxyl groups is 1. The summed E-state index contributed by atoms with van der Waals surface area (Å²) >= 11 is 0. The van der Waals surface area contributed by atoms with Crippen molar-refractivity contribution >= 4 is 23.5 Å². The summed E-state index contributed by atoms with van der Waals surface area (Å²) < 4.78 is 1.75. The minimum absolute atomic E-state index is 0.160. The molecule has 4 rings (SSSR count). The molecule has 2 heterocycles. The third-order valence-electron chi connectivity index (χ3n) is 4.57. The average Bonchev–Trinajstić information content (AvgIpc) is 3.27. The third-order valence-corrected chi connectivity index (χ3v) is 4.57. The fourth-order valence-corrected chi connectivity index (χ4v) is 3.04. The highest BCUT2D eigenvalue weighted by molar-refractivity contribution is 5.71. The molecule has 0 radical (unpaired) electrons. The van der Waals surface area contributed by atoms with Crippen LogP contribution >= 0.6 is 0 Å². The molecule has 0 saturated carbocycles. The van der Waals surface area contributed by atoms with Crippen LogP contribution in [0.15, 0.2) is 79.1 Å². The second-order valence-corrected chi connectivity index (χ2v) is 6.87. The Labute approximate surface area is 175 Å². The van der Waals surface area contributed by atoms with Crippen LogP contribution in [0.2, 0.25) is 0 Å². The zero-order chi connectivity index (χ0) is 20.6. The van der Waals surface area contributed by atoms with Gasteiger partial charge in [0, 0.05) is 24.2 Å². The molecule has 30 heavy (non-hydrogen) atoms. The largest absolute Gasteiger partial charge is 0.396 e. The first-order valence-electron chi connectivity index (χ1n) is 9.89. The number of nitrogens with one attached hydrogen (secondary N) is 1. The molecule has 2 N–H and O–H groups in total. The molecule has 2 aromatic carbocycles. The van der Waals surface area contributed by atoms with Crippen molar-refractivity contribution in [2.45, 2.75) is 12.8 Å². The number of aromatic nitrogens is 4. The Morgan fingerprint density at radius 2 is 1.83 bits per heavy atom. The van der Waals surface area contributed by atoms with E-state index in [1.54, 1.807) is 10.9 Å². The second kappa shape index (κ2) is 9.62. The van der Waals surface area contributed by atoms with Crippen molar-refractivity contribution in [3.63, 3.8) is 0 Å². The number of hydrogen-bond donors (Lipinski definition) is 2. The molecule has 0 bridgehead atoms. The van der Waals surface area contributed by atoms with Crippen molar-refractivity contribution in [3.05, 3.63) is 96.1 Å². The van der Waals surface area contributed by atoms with Gasteiger partial charge >= 0.3 is 0 Å². The number of nitrogens with zero attached hydrogens (tertiary/aromatic N) is 4. The number of anilines is 2. The van der Waals surface area contributed by atoms with E-state index in [2.05, 4.69) is 38.8 Å². The first-order valence-corrected chi connectivity index (χ1v) is 9.89. The fourth-order valence-electron chi connectivity index (χ4n) is 3.04. The zero-order valence-electron chi connectivity index (χ0n) is 16.5. The Kier molecular flexibility index (Phi) is 6.27. The summed E-state index contributed by atoms with van der Waals surface area (Å²) in [5.41, 5.74) is 5.85. The lowest BCUT2D eigenvalue weighted by Crippen LogP contribution is -1.96. The number of aliphatic hydroxyl groups excluding tert-OH is 1. The number of pyridine rings is 1. The number of rotatable bonds is 8. The third kappa shape index (κ3) is 5.18. The highest BCUT2D eigenvalue weighted by Gasteiger charge is 2.03. The Morgan fingerprint density at radius 3 is 2.63 bits per heavy atom. The molecule has 6 nitrogen and oxygen atoms in total. The van der Waals surface area contributed by atoms with Crippen LogP contribution in [0.25, 0.3) is 17.8 Å². The Hall–Kier alpha value is -3.77. The molecule has 0 aliphatic heterocycles. The van der Waals surface area contributed by atoms with Crippen molar-refractivity contribution in [1.29, 1.82) is 0 Å². The molecule has 0 aliphatic rings. The van der Waals surface area contributed by atoms with E-state index in [4.69, 9.17) is 5.11 Å². The van der Waals surface area contributed by atoms with Crippen LogP contribution in [0, 0.1) is 0 Å². The van der Waals surface area contributed by atoms with Gasteiger partial charge in [0.25, 0.3) is 0 Å². The first-order chi connectivity index (χ1) is 14.8. The number of hydrogen-bond acceptors (Lipinski definition) is 5. The maximum absolute atomic E-state index is 8.93. The molecular weight excluding hydrogens is 374 g/mol. The van der Waals surface area contributed by atoms with Gasteiger partial charge in [-0.1, -0.05) is 29.5 Å². The average molecular weight is 397 g/mol. The van der Waals surface area contributed by atoms with E-state index in [-0.39, 0.29) is 6.61 Å². The summed E-state index contributed by atoms with van der Waals surface area (Å²) in [7, 11) is 0. The summed E-state index contributed by atoms with van der Waals surface area (Å²) in [5.74, 6) is 0. The van der Waals surface area contributed by atoms with E-state index < -0.39 is 0 Å². The minimum atomic E-state index is 0.160. The van der Waals surface area contributed by atoms with Crippen molar-refractivity contribution < 1.29 is 5.11 Å². The SMILES string of the molecule is OCCCc1cn(-c2ccc(Nc3cccc(/C=C/c4ccccn4)c3)cc2)nn1. The van der Waals surface area contributed by atoms with E-state index in [0.717, 1.165) is 40.4 Å². The lowest BCUT2D eigenvalue weighted by molar-refractivity contribution is 0.288. The Morgan fingerprint density at radius 1 is 0.933 bits per heavy atom.